The van der Waals surface area contributed by atoms with Gasteiger partial charge < -0.3 is 15.2 Å². The van der Waals surface area contributed by atoms with Crippen LogP contribution in [0.2, 0.25) is 0 Å². The van der Waals surface area contributed by atoms with E-state index in [1.54, 1.807) is 24.1 Å². The predicted molar refractivity (Wildman–Crippen MR) is 110 cm³/mol. The van der Waals surface area contributed by atoms with Gasteiger partial charge in [0, 0.05) is 39.1 Å². The number of anilines is 2. The molecule has 0 aliphatic heterocycles. The minimum atomic E-state index is -0.194. The maximum Gasteiger partial charge on any atom is 0.271 e. The first-order valence-corrected chi connectivity index (χ1v) is 9.26. The molecule has 1 amide bonds. The zero-order valence-corrected chi connectivity index (χ0v) is 17.2. The van der Waals surface area contributed by atoms with E-state index < -0.39 is 0 Å². The lowest BCUT2D eigenvalue weighted by atomic mass is 9.97. The smallest absolute Gasteiger partial charge is 0.271 e. The fourth-order valence-electron chi connectivity index (χ4n) is 2.50. The molecule has 0 unspecified atom stereocenters. The van der Waals surface area contributed by atoms with Crippen LogP contribution < -0.4 is 15.6 Å². The van der Waals surface area contributed by atoms with Gasteiger partial charge in [0.1, 0.15) is 5.69 Å². The topological polar surface area (TPSA) is 105 Å². The molecule has 0 spiro atoms. The Morgan fingerprint density at radius 1 is 1.32 bits per heavy atom. The number of rotatable bonds is 9. The molecule has 0 bridgehead atoms. The second-order valence-electron chi connectivity index (χ2n) is 7.98. The van der Waals surface area contributed by atoms with Gasteiger partial charge in [-0.3, -0.25) is 4.79 Å². The van der Waals surface area contributed by atoms with Gasteiger partial charge in [0.25, 0.3) is 5.91 Å². The third kappa shape index (κ3) is 6.33. The first-order chi connectivity index (χ1) is 13.2. The third-order valence-corrected chi connectivity index (χ3v) is 4.00. The van der Waals surface area contributed by atoms with Crippen LogP contribution in [0.4, 0.5) is 11.5 Å². The third-order valence-electron chi connectivity index (χ3n) is 4.00. The number of nitrogens with zero attached hydrogens (tertiary/aromatic N) is 5. The molecule has 152 valence electrons. The van der Waals surface area contributed by atoms with E-state index in [0.717, 1.165) is 24.3 Å². The van der Waals surface area contributed by atoms with Crippen molar-refractivity contribution in [3.8, 4) is 0 Å². The molecule has 2 aromatic heterocycles. The lowest BCUT2D eigenvalue weighted by Gasteiger charge is -2.22. The van der Waals surface area contributed by atoms with Crippen molar-refractivity contribution in [2.24, 2.45) is 17.7 Å². The molecule has 2 heterocycles. The summed E-state index contributed by atoms with van der Waals surface area (Å²) in [6, 6.07) is 3.84. The minimum Gasteiger partial charge on any atom is -0.381 e. The summed E-state index contributed by atoms with van der Waals surface area (Å²) >= 11 is 0. The number of hydrogen-bond donors (Lipinski definition) is 2. The molecule has 0 fully saturated rings. The summed E-state index contributed by atoms with van der Waals surface area (Å²) in [4.78, 5) is 31.6. The van der Waals surface area contributed by atoms with E-state index in [2.05, 4.69) is 46.7 Å². The second kappa shape index (κ2) is 9.29. The number of nitroso groups, excluding NO2 is 1. The van der Waals surface area contributed by atoms with E-state index in [1.165, 1.54) is 5.01 Å². The van der Waals surface area contributed by atoms with E-state index in [-0.39, 0.29) is 11.3 Å². The standard InChI is InChI=1S/C19H29N7O2/c1-19(2,3)12-21-15-9-8-14(23-17(15)26(5)24-28)7-6-10-20-18(27)16-11-25(4)13-22-16/h8-9,11,13,21H,6-7,10,12H2,1-5H3,(H,20,27). The quantitative estimate of drug-likeness (QED) is 0.389. The largest absolute Gasteiger partial charge is 0.381 e. The highest BCUT2D eigenvalue weighted by Crippen LogP contribution is 2.25. The zero-order chi connectivity index (χ0) is 20.7. The number of amides is 1. The Morgan fingerprint density at radius 2 is 2.07 bits per heavy atom. The van der Waals surface area contributed by atoms with Crippen LogP contribution in [0.15, 0.2) is 29.9 Å². The highest BCUT2D eigenvalue weighted by Gasteiger charge is 2.15. The summed E-state index contributed by atoms with van der Waals surface area (Å²) in [5.41, 5.74) is 2.09. The van der Waals surface area contributed by atoms with Crippen molar-refractivity contribution in [2.45, 2.75) is 33.6 Å². The van der Waals surface area contributed by atoms with Gasteiger partial charge >= 0.3 is 0 Å². The van der Waals surface area contributed by atoms with Crippen molar-refractivity contribution in [3.63, 3.8) is 0 Å². The molecule has 28 heavy (non-hydrogen) atoms. The van der Waals surface area contributed by atoms with Crippen LogP contribution in [0.5, 0.6) is 0 Å². The summed E-state index contributed by atoms with van der Waals surface area (Å²) in [7, 11) is 3.40. The first-order valence-electron chi connectivity index (χ1n) is 9.26. The van der Waals surface area contributed by atoms with Gasteiger partial charge in [-0.2, -0.15) is 0 Å². The maximum atomic E-state index is 12.0. The molecule has 2 N–H and O–H groups in total. The van der Waals surface area contributed by atoms with Gasteiger partial charge in [-0.1, -0.05) is 20.8 Å². The normalized spacial score (nSPS) is 11.2. The number of nitrogens with one attached hydrogen (secondary N) is 2. The second-order valence-corrected chi connectivity index (χ2v) is 7.98. The fraction of sp³-hybridized carbons (Fsp3) is 0.526. The van der Waals surface area contributed by atoms with Crippen LogP contribution in [0.1, 0.15) is 43.4 Å². The van der Waals surface area contributed by atoms with Crippen molar-refractivity contribution in [3.05, 3.63) is 41.0 Å². The Morgan fingerprint density at radius 3 is 2.68 bits per heavy atom. The Labute approximate surface area is 165 Å². The summed E-state index contributed by atoms with van der Waals surface area (Å²) in [5, 5.41) is 10.4. The van der Waals surface area contributed by atoms with E-state index in [4.69, 9.17) is 0 Å². The molecular formula is C19H29N7O2. The molecule has 0 radical (unpaired) electrons. The molecule has 0 aliphatic carbocycles. The number of pyridine rings is 1. The summed E-state index contributed by atoms with van der Waals surface area (Å²) in [6.07, 6.45) is 4.65. The maximum absolute atomic E-state index is 12.0. The average Bonchev–Trinajstić information content (AvgIpc) is 3.09. The molecule has 0 saturated carbocycles. The number of carbonyl (C=O) groups is 1. The molecule has 0 aliphatic rings. The van der Waals surface area contributed by atoms with Crippen molar-refractivity contribution >= 4 is 17.4 Å². The fourth-order valence-corrected chi connectivity index (χ4v) is 2.50. The van der Waals surface area contributed by atoms with Crippen molar-refractivity contribution in [1.82, 2.24) is 19.9 Å². The molecule has 0 atom stereocenters. The SMILES string of the molecule is CN(N=O)c1nc(CCCNC(=O)c2cn(C)cn2)ccc1NCC(C)(C)C. The number of imidazole rings is 1. The number of hydrogen-bond acceptors (Lipinski definition) is 6. The first kappa shape index (κ1) is 21.3. The van der Waals surface area contributed by atoms with E-state index >= 15 is 0 Å². The van der Waals surface area contributed by atoms with Gasteiger partial charge in [0.15, 0.2) is 5.82 Å². The molecule has 2 rings (SSSR count). The monoisotopic (exact) mass is 387 g/mol. The van der Waals surface area contributed by atoms with Gasteiger partial charge in [0.2, 0.25) is 0 Å². The van der Waals surface area contributed by atoms with Crippen molar-refractivity contribution in [2.75, 3.05) is 30.5 Å². The number of aromatic nitrogens is 3. The van der Waals surface area contributed by atoms with E-state index in [9.17, 15) is 9.70 Å². The van der Waals surface area contributed by atoms with Crippen LogP contribution in [-0.4, -0.2) is 40.6 Å². The van der Waals surface area contributed by atoms with Crippen LogP contribution >= 0.6 is 0 Å². The van der Waals surface area contributed by atoms with Crippen LogP contribution in [0.3, 0.4) is 0 Å². The lowest BCUT2D eigenvalue weighted by Crippen LogP contribution is -2.25. The number of carbonyl (C=O) groups excluding carboxylic acids is 1. The van der Waals surface area contributed by atoms with Gasteiger partial charge in [-0.15, -0.1) is 4.91 Å². The zero-order valence-electron chi connectivity index (χ0n) is 17.2. The highest BCUT2D eigenvalue weighted by atomic mass is 16.3. The van der Waals surface area contributed by atoms with Gasteiger partial charge in [-0.25, -0.2) is 15.0 Å². The van der Waals surface area contributed by atoms with Crippen LogP contribution in [-0.2, 0) is 13.5 Å². The van der Waals surface area contributed by atoms with E-state index in [1.807, 2.05) is 19.2 Å². The van der Waals surface area contributed by atoms with E-state index in [0.29, 0.717) is 24.5 Å². The molecule has 0 saturated heterocycles. The Kier molecular flexibility index (Phi) is 7.08. The molecule has 9 nitrogen and oxygen atoms in total. The lowest BCUT2D eigenvalue weighted by molar-refractivity contribution is 0.0948. The van der Waals surface area contributed by atoms with Crippen LogP contribution in [0, 0.1) is 10.3 Å². The Balaban J connectivity index is 1.93. The number of aryl methyl sites for hydroxylation is 2. The van der Waals surface area contributed by atoms with Gasteiger partial charge in [-0.05, 0) is 30.4 Å². The highest BCUT2D eigenvalue weighted by molar-refractivity contribution is 5.91. The summed E-state index contributed by atoms with van der Waals surface area (Å²) in [5.74, 6) is 0.301. The molecule has 0 aromatic carbocycles. The molecular weight excluding hydrogens is 358 g/mol. The van der Waals surface area contributed by atoms with Gasteiger partial charge in [0.05, 0.1) is 17.3 Å². The summed E-state index contributed by atoms with van der Waals surface area (Å²) in [6.45, 7) is 7.64. The summed E-state index contributed by atoms with van der Waals surface area (Å²) < 4.78 is 1.73. The van der Waals surface area contributed by atoms with Crippen molar-refractivity contribution in [1.29, 1.82) is 0 Å². The Bertz CT molecular complexity index is 811. The average molecular weight is 387 g/mol. The predicted octanol–water partition coefficient (Wildman–Crippen LogP) is 2.75. The Hall–Kier alpha value is -2.97. The minimum absolute atomic E-state index is 0.0922. The van der Waals surface area contributed by atoms with Crippen molar-refractivity contribution < 1.29 is 4.79 Å². The molecule has 9 heteroatoms. The van der Waals surface area contributed by atoms with Crippen LogP contribution in [0.25, 0.3) is 0 Å². The molecule has 2 aromatic rings.